The molecule has 1 heterocycles. The maximum Gasteiger partial charge on any atom is 0.319 e. The van der Waals surface area contributed by atoms with Crippen LogP contribution in [0.15, 0.2) is 24.3 Å². The number of likely N-dealkylation sites (tertiary alicyclic amines) is 1. The van der Waals surface area contributed by atoms with Crippen molar-refractivity contribution < 1.29 is 18.7 Å². The minimum Gasteiger partial charge on any atom is -0.380 e. The van der Waals surface area contributed by atoms with Gasteiger partial charge in [-0.15, -0.1) is 0 Å². The van der Waals surface area contributed by atoms with Crippen LogP contribution in [0.3, 0.4) is 0 Å². The zero-order valence-corrected chi connectivity index (χ0v) is 13.6. The number of carbonyl (C=O) groups is 2. The molecule has 1 aliphatic heterocycles. The fraction of sp³-hybridized carbons (Fsp3) is 0.500. The van der Waals surface area contributed by atoms with Crippen LogP contribution in [0.2, 0.25) is 0 Å². The lowest BCUT2D eigenvalue weighted by atomic mass is 10.2. The first kappa shape index (κ1) is 18.2. The number of ether oxygens (including phenoxy) is 1. The van der Waals surface area contributed by atoms with Gasteiger partial charge in [-0.3, -0.25) is 4.79 Å². The van der Waals surface area contributed by atoms with Gasteiger partial charge in [0.1, 0.15) is 5.82 Å². The molecule has 0 radical (unpaired) electrons. The highest BCUT2D eigenvalue weighted by molar-refractivity contribution is 5.89. The second-order valence-electron chi connectivity index (χ2n) is 5.73. The molecule has 8 heteroatoms. The van der Waals surface area contributed by atoms with Gasteiger partial charge in [-0.05, 0) is 30.7 Å². The molecule has 1 aliphatic rings. The Kier molecular flexibility index (Phi) is 6.51. The van der Waals surface area contributed by atoms with Crippen molar-refractivity contribution in [2.75, 3.05) is 32.1 Å². The molecular weight excluding hydrogens is 315 g/mol. The molecule has 4 N–H and O–H groups in total. The third-order valence-corrected chi connectivity index (χ3v) is 3.98. The topological polar surface area (TPSA) is 96.7 Å². The SMILES string of the molecule is COC(CN)CC(=O)N1CCC(NC(=O)Nc2ccc(F)cc2)C1. The number of amides is 3. The summed E-state index contributed by atoms with van der Waals surface area (Å²) in [5, 5.41) is 5.45. The fourth-order valence-electron chi connectivity index (χ4n) is 2.58. The largest absolute Gasteiger partial charge is 0.380 e. The molecular formula is C16H23FN4O3. The Labute approximate surface area is 140 Å². The molecule has 3 amide bonds. The smallest absolute Gasteiger partial charge is 0.319 e. The number of halogens is 1. The van der Waals surface area contributed by atoms with E-state index in [0.717, 1.165) is 0 Å². The average Bonchev–Trinajstić information content (AvgIpc) is 3.03. The molecule has 1 aromatic rings. The summed E-state index contributed by atoms with van der Waals surface area (Å²) in [6.45, 7) is 1.33. The van der Waals surface area contributed by atoms with Gasteiger partial charge in [-0.2, -0.15) is 0 Å². The average molecular weight is 338 g/mol. The van der Waals surface area contributed by atoms with E-state index >= 15 is 0 Å². The molecule has 0 spiro atoms. The Morgan fingerprint density at radius 3 is 2.75 bits per heavy atom. The van der Waals surface area contributed by atoms with Crippen LogP contribution in [0.4, 0.5) is 14.9 Å². The summed E-state index contributed by atoms with van der Waals surface area (Å²) in [6, 6.07) is 5.02. The third-order valence-electron chi connectivity index (χ3n) is 3.98. The fourth-order valence-corrected chi connectivity index (χ4v) is 2.58. The van der Waals surface area contributed by atoms with Crippen molar-refractivity contribution in [1.29, 1.82) is 0 Å². The second-order valence-corrected chi connectivity index (χ2v) is 5.73. The minimum atomic E-state index is -0.377. The summed E-state index contributed by atoms with van der Waals surface area (Å²) >= 11 is 0. The predicted molar refractivity (Wildman–Crippen MR) is 88.0 cm³/mol. The van der Waals surface area contributed by atoms with Gasteiger partial charge in [0.15, 0.2) is 0 Å². The summed E-state index contributed by atoms with van der Waals surface area (Å²) in [6.07, 6.45) is 0.635. The summed E-state index contributed by atoms with van der Waals surface area (Å²) in [7, 11) is 1.53. The molecule has 1 aromatic carbocycles. The predicted octanol–water partition coefficient (Wildman–Crippen LogP) is 0.912. The van der Waals surface area contributed by atoms with Crippen LogP contribution >= 0.6 is 0 Å². The molecule has 132 valence electrons. The molecule has 0 bridgehead atoms. The third kappa shape index (κ3) is 5.17. The lowest BCUT2D eigenvalue weighted by Crippen LogP contribution is -2.41. The zero-order chi connectivity index (χ0) is 17.5. The van der Waals surface area contributed by atoms with Crippen LogP contribution in [-0.4, -0.2) is 55.7 Å². The Hall–Kier alpha value is -2.19. The van der Waals surface area contributed by atoms with Gasteiger partial charge in [-0.25, -0.2) is 9.18 Å². The molecule has 2 unspecified atom stereocenters. The monoisotopic (exact) mass is 338 g/mol. The number of hydrogen-bond donors (Lipinski definition) is 3. The van der Waals surface area contributed by atoms with E-state index in [1.54, 1.807) is 4.90 Å². The van der Waals surface area contributed by atoms with Gasteiger partial charge in [-0.1, -0.05) is 0 Å². The number of benzene rings is 1. The minimum absolute atomic E-state index is 0.0319. The highest BCUT2D eigenvalue weighted by atomic mass is 19.1. The summed E-state index contributed by atoms with van der Waals surface area (Å²) < 4.78 is 17.9. The van der Waals surface area contributed by atoms with Crippen LogP contribution in [0.1, 0.15) is 12.8 Å². The summed E-state index contributed by atoms with van der Waals surface area (Å²) in [4.78, 5) is 25.8. The molecule has 0 saturated carbocycles. The Morgan fingerprint density at radius 1 is 1.42 bits per heavy atom. The number of nitrogens with zero attached hydrogens (tertiary/aromatic N) is 1. The molecule has 24 heavy (non-hydrogen) atoms. The summed E-state index contributed by atoms with van der Waals surface area (Å²) in [5.41, 5.74) is 6.03. The first-order valence-electron chi connectivity index (χ1n) is 7.85. The van der Waals surface area contributed by atoms with E-state index in [4.69, 9.17) is 10.5 Å². The number of rotatable bonds is 6. The second kappa shape index (κ2) is 8.60. The molecule has 1 fully saturated rings. The molecule has 2 atom stereocenters. The van der Waals surface area contributed by atoms with Crippen molar-refractivity contribution in [3.05, 3.63) is 30.1 Å². The first-order valence-corrected chi connectivity index (χ1v) is 7.85. The van der Waals surface area contributed by atoms with Crippen molar-refractivity contribution in [1.82, 2.24) is 10.2 Å². The van der Waals surface area contributed by atoms with E-state index in [0.29, 0.717) is 25.2 Å². The quantitative estimate of drug-likeness (QED) is 0.718. The lowest BCUT2D eigenvalue weighted by Gasteiger charge is -2.20. The Bertz CT molecular complexity index is 563. The molecule has 7 nitrogen and oxygen atoms in total. The van der Waals surface area contributed by atoms with Gasteiger partial charge in [0.25, 0.3) is 0 Å². The number of nitrogens with one attached hydrogen (secondary N) is 2. The summed E-state index contributed by atoms with van der Waals surface area (Å²) in [5.74, 6) is -0.395. The number of urea groups is 1. The van der Waals surface area contributed by atoms with Crippen molar-refractivity contribution in [3.63, 3.8) is 0 Å². The van der Waals surface area contributed by atoms with E-state index in [1.165, 1.54) is 31.4 Å². The van der Waals surface area contributed by atoms with Crippen molar-refractivity contribution in [3.8, 4) is 0 Å². The van der Waals surface area contributed by atoms with E-state index in [-0.39, 0.29) is 42.9 Å². The Balaban J connectivity index is 1.77. The van der Waals surface area contributed by atoms with E-state index < -0.39 is 0 Å². The zero-order valence-electron chi connectivity index (χ0n) is 13.6. The molecule has 0 aromatic heterocycles. The van der Waals surface area contributed by atoms with Crippen LogP contribution in [0.25, 0.3) is 0 Å². The van der Waals surface area contributed by atoms with Gasteiger partial charge < -0.3 is 26.0 Å². The van der Waals surface area contributed by atoms with Crippen LogP contribution in [-0.2, 0) is 9.53 Å². The molecule has 0 aliphatic carbocycles. The highest BCUT2D eigenvalue weighted by Crippen LogP contribution is 2.13. The van der Waals surface area contributed by atoms with E-state index in [2.05, 4.69) is 10.6 Å². The number of methoxy groups -OCH3 is 1. The van der Waals surface area contributed by atoms with Gasteiger partial charge in [0.2, 0.25) is 5.91 Å². The standard InChI is InChI=1S/C16H23FN4O3/c1-24-14(9-18)8-15(22)21-7-6-13(10-21)20-16(23)19-12-4-2-11(17)3-5-12/h2-5,13-14H,6-10,18H2,1H3,(H2,19,20,23). The molecule has 1 saturated heterocycles. The number of carbonyl (C=O) groups excluding carboxylic acids is 2. The van der Waals surface area contributed by atoms with Gasteiger partial charge in [0.05, 0.1) is 12.5 Å². The number of hydrogen-bond acceptors (Lipinski definition) is 4. The van der Waals surface area contributed by atoms with Gasteiger partial charge in [0, 0.05) is 38.5 Å². The maximum absolute atomic E-state index is 12.8. The van der Waals surface area contributed by atoms with Gasteiger partial charge >= 0.3 is 6.03 Å². The van der Waals surface area contributed by atoms with Crippen molar-refractivity contribution >= 4 is 17.6 Å². The first-order chi connectivity index (χ1) is 11.5. The van der Waals surface area contributed by atoms with E-state index in [9.17, 15) is 14.0 Å². The normalized spacial score (nSPS) is 18.3. The van der Waals surface area contributed by atoms with Crippen LogP contribution in [0, 0.1) is 5.82 Å². The van der Waals surface area contributed by atoms with Crippen molar-refractivity contribution in [2.24, 2.45) is 5.73 Å². The van der Waals surface area contributed by atoms with E-state index in [1.807, 2.05) is 0 Å². The van der Waals surface area contributed by atoms with Crippen molar-refractivity contribution in [2.45, 2.75) is 25.0 Å². The highest BCUT2D eigenvalue weighted by Gasteiger charge is 2.28. The Morgan fingerprint density at radius 2 is 2.12 bits per heavy atom. The lowest BCUT2D eigenvalue weighted by molar-refractivity contribution is -0.132. The van der Waals surface area contributed by atoms with Crippen LogP contribution < -0.4 is 16.4 Å². The maximum atomic E-state index is 12.8. The number of nitrogens with two attached hydrogens (primary N) is 1. The molecule has 2 rings (SSSR count). The van der Waals surface area contributed by atoms with Crippen LogP contribution in [0.5, 0.6) is 0 Å². The number of anilines is 1.